The number of hydrogen-bond acceptors (Lipinski definition) is 5. The van der Waals surface area contributed by atoms with E-state index >= 15 is 0 Å². The summed E-state index contributed by atoms with van der Waals surface area (Å²) in [6, 6.07) is 12.8. The fraction of sp³-hybridized carbons (Fsp3) is 0.333. The van der Waals surface area contributed by atoms with Crippen molar-refractivity contribution in [1.82, 2.24) is 15.2 Å². The molecule has 174 valence electrons. The summed E-state index contributed by atoms with van der Waals surface area (Å²) < 4.78 is 50.5. The van der Waals surface area contributed by atoms with Crippen LogP contribution in [0, 0.1) is 0 Å². The molecule has 9 heteroatoms. The first kappa shape index (κ1) is 22.8. The van der Waals surface area contributed by atoms with Crippen molar-refractivity contribution in [2.45, 2.75) is 44.7 Å². The Bertz CT molecular complexity index is 1110. The van der Waals surface area contributed by atoms with E-state index in [0.717, 1.165) is 30.5 Å². The minimum Gasteiger partial charge on any atom is -0.496 e. The van der Waals surface area contributed by atoms with E-state index in [-0.39, 0.29) is 30.7 Å². The van der Waals surface area contributed by atoms with Crippen molar-refractivity contribution in [3.8, 4) is 5.75 Å². The maximum Gasteiger partial charge on any atom is 0.416 e. The highest BCUT2D eigenvalue weighted by Gasteiger charge is 2.30. The summed E-state index contributed by atoms with van der Waals surface area (Å²) in [4.78, 5) is 18.4. The number of alkyl halides is 3. The van der Waals surface area contributed by atoms with Crippen molar-refractivity contribution < 1.29 is 27.1 Å². The van der Waals surface area contributed by atoms with Crippen LogP contribution in [-0.2, 0) is 25.8 Å². The second-order valence-electron chi connectivity index (χ2n) is 8.03. The highest BCUT2D eigenvalue weighted by Crippen LogP contribution is 2.30. The molecular weight excluding hydrogens is 435 g/mol. The number of para-hydroxylation sites is 1. The first-order valence-corrected chi connectivity index (χ1v) is 10.6. The van der Waals surface area contributed by atoms with Gasteiger partial charge in [0.25, 0.3) is 5.91 Å². The van der Waals surface area contributed by atoms with Crippen LogP contribution in [0.5, 0.6) is 5.75 Å². The second kappa shape index (κ2) is 9.66. The number of halogens is 3. The lowest BCUT2D eigenvalue weighted by Gasteiger charge is -2.22. The minimum atomic E-state index is -4.42. The van der Waals surface area contributed by atoms with Crippen LogP contribution in [0.1, 0.15) is 45.9 Å². The third-order valence-electron chi connectivity index (χ3n) is 5.30. The van der Waals surface area contributed by atoms with E-state index in [9.17, 15) is 18.0 Å². The molecule has 1 heterocycles. The fourth-order valence-corrected chi connectivity index (χ4v) is 3.51. The zero-order valence-electron chi connectivity index (χ0n) is 18.1. The average molecular weight is 459 g/mol. The van der Waals surface area contributed by atoms with Crippen LogP contribution in [0.25, 0.3) is 0 Å². The van der Waals surface area contributed by atoms with Crippen LogP contribution in [0.4, 0.5) is 13.2 Å². The summed E-state index contributed by atoms with van der Waals surface area (Å²) in [5, 5.41) is 2.85. The Hall–Kier alpha value is -3.33. The maximum atomic E-state index is 13.2. The van der Waals surface area contributed by atoms with Gasteiger partial charge < -0.3 is 14.5 Å². The van der Waals surface area contributed by atoms with Gasteiger partial charge in [-0.25, -0.2) is 4.98 Å². The number of rotatable bonds is 9. The van der Waals surface area contributed by atoms with Gasteiger partial charge >= 0.3 is 6.18 Å². The predicted octanol–water partition coefficient (Wildman–Crippen LogP) is 4.80. The Balaban J connectivity index is 1.55. The Morgan fingerprint density at radius 3 is 2.67 bits per heavy atom. The van der Waals surface area contributed by atoms with Crippen molar-refractivity contribution in [2.75, 3.05) is 7.11 Å². The Kier molecular flexibility index (Phi) is 6.69. The molecule has 3 aromatic rings. The molecule has 1 aromatic heterocycles. The van der Waals surface area contributed by atoms with Gasteiger partial charge in [-0.1, -0.05) is 36.4 Å². The molecule has 1 amide bonds. The molecule has 0 radical (unpaired) electrons. The molecule has 6 nitrogen and oxygen atoms in total. The SMILES string of the molecule is COc1ccccc1CN(Cc1cccc(C(F)(F)F)c1)Cc1nc(C(=O)NC2CC2)co1. The van der Waals surface area contributed by atoms with E-state index in [4.69, 9.17) is 9.15 Å². The molecule has 1 N–H and O–H groups in total. The van der Waals surface area contributed by atoms with Gasteiger partial charge in [-0.15, -0.1) is 0 Å². The number of oxazole rings is 1. The van der Waals surface area contributed by atoms with E-state index in [1.54, 1.807) is 13.2 Å². The molecule has 0 spiro atoms. The Morgan fingerprint density at radius 2 is 1.94 bits per heavy atom. The Morgan fingerprint density at radius 1 is 1.15 bits per heavy atom. The summed E-state index contributed by atoms with van der Waals surface area (Å²) in [6.07, 6.45) is -1.20. The van der Waals surface area contributed by atoms with Gasteiger partial charge in [0.1, 0.15) is 12.0 Å². The van der Waals surface area contributed by atoms with Crippen molar-refractivity contribution in [3.05, 3.63) is 83.1 Å². The first-order chi connectivity index (χ1) is 15.8. The first-order valence-electron chi connectivity index (χ1n) is 10.6. The standard InChI is InChI=1S/C24H24F3N3O3/c1-32-21-8-3-2-6-17(21)13-30(12-16-5-4-7-18(11-16)24(25,26)27)14-22-29-20(15-33-22)23(31)28-19-9-10-19/h2-8,11,15,19H,9-10,12-14H2,1H3,(H,28,31). The lowest BCUT2D eigenvalue weighted by atomic mass is 10.1. The largest absolute Gasteiger partial charge is 0.496 e. The topological polar surface area (TPSA) is 67.6 Å². The van der Waals surface area contributed by atoms with Crippen LogP contribution in [0.3, 0.4) is 0 Å². The molecular formula is C24H24F3N3O3. The van der Waals surface area contributed by atoms with Crippen LogP contribution >= 0.6 is 0 Å². The monoisotopic (exact) mass is 459 g/mol. The van der Waals surface area contributed by atoms with Crippen LogP contribution < -0.4 is 10.1 Å². The Labute approximate surface area is 189 Å². The number of hydrogen-bond donors (Lipinski definition) is 1. The average Bonchev–Trinajstić information content (AvgIpc) is 3.48. The fourth-order valence-electron chi connectivity index (χ4n) is 3.51. The van der Waals surface area contributed by atoms with Crippen molar-refractivity contribution in [2.24, 2.45) is 0 Å². The van der Waals surface area contributed by atoms with Gasteiger partial charge in [-0.05, 0) is 30.5 Å². The molecule has 1 fully saturated rings. The van der Waals surface area contributed by atoms with Gasteiger partial charge in [0, 0.05) is 24.7 Å². The van der Waals surface area contributed by atoms with Crippen molar-refractivity contribution in [1.29, 1.82) is 0 Å². The highest BCUT2D eigenvalue weighted by molar-refractivity contribution is 5.92. The molecule has 0 bridgehead atoms. The van der Waals surface area contributed by atoms with Gasteiger partial charge in [0.15, 0.2) is 5.69 Å². The van der Waals surface area contributed by atoms with Crippen molar-refractivity contribution in [3.63, 3.8) is 0 Å². The van der Waals surface area contributed by atoms with Crippen molar-refractivity contribution >= 4 is 5.91 Å². The maximum absolute atomic E-state index is 13.2. The summed E-state index contributed by atoms with van der Waals surface area (Å²) in [5.74, 6) is 0.683. The molecule has 0 atom stereocenters. The number of aromatic nitrogens is 1. The van der Waals surface area contributed by atoms with E-state index < -0.39 is 11.7 Å². The van der Waals surface area contributed by atoms with E-state index in [2.05, 4.69) is 10.3 Å². The van der Waals surface area contributed by atoms with Gasteiger partial charge in [0.2, 0.25) is 5.89 Å². The molecule has 0 aliphatic heterocycles. The zero-order chi connectivity index (χ0) is 23.4. The lowest BCUT2D eigenvalue weighted by Crippen LogP contribution is -2.26. The quantitative estimate of drug-likeness (QED) is 0.498. The van der Waals surface area contributed by atoms with E-state index in [1.807, 2.05) is 29.2 Å². The molecule has 4 rings (SSSR count). The second-order valence-corrected chi connectivity index (χ2v) is 8.03. The summed E-state index contributed by atoms with van der Waals surface area (Å²) in [5.41, 5.74) is 0.851. The number of nitrogens with one attached hydrogen (secondary N) is 1. The number of benzene rings is 2. The number of carbonyl (C=O) groups excluding carboxylic acids is 1. The molecule has 1 aliphatic rings. The van der Waals surface area contributed by atoms with Gasteiger partial charge in [-0.2, -0.15) is 13.2 Å². The van der Waals surface area contributed by atoms with Crippen LogP contribution in [0.15, 0.2) is 59.2 Å². The van der Waals surface area contributed by atoms with Gasteiger partial charge in [-0.3, -0.25) is 9.69 Å². The number of amides is 1. The smallest absolute Gasteiger partial charge is 0.416 e. The molecule has 0 unspecified atom stereocenters. The summed E-state index contributed by atoms with van der Waals surface area (Å²) >= 11 is 0. The van der Waals surface area contributed by atoms with Crippen LogP contribution in [-0.4, -0.2) is 28.9 Å². The summed E-state index contributed by atoms with van der Waals surface area (Å²) in [6.45, 7) is 0.797. The minimum absolute atomic E-state index is 0.188. The molecule has 1 saturated carbocycles. The predicted molar refractivity (Wildman–Crippen MR) is 114 cm³/mol. The summed E-state index contributed by atoms with van der Waals surface area (Å²) in [7, 11) is 1.56. The number of methoxy groups -OCH3 is 1. The third kappa shape index (κ3) is 6.13. The van der Waals surface area contributed by atoms with E-state index in [1.165, 1.54) is 12.3 Å². The molecule has 1 aliphatic carbocycles. The lowest BCUT2D eigenvalue weighted by molar-refractivity contribution is -0.137. The normalized spacial score (nSPS) is 13.8. The highest BCUT2D eigenvalue weighted by atomic mass is 19.4. The molecule has 33 heavy (non-hydrogen) atoms. The number of nitrogens with zero attached hydrogens (tertiary/aromatic N) is 2. The molecule has 2 aromatic carbocycles. The molecule has 0 saturated heterocycles. The van der Waals surface area contributed by atoms with Crippen LogP contribution in [0.2, 0.25) is 0 Å². The van der Waals surface area contributed by atoms with Gasteiger partial charge in [0.05, 0.1) is 19.2 Å². The van der Waals surface area contributed by atoms with E-state index in [0.29, 0.717) is 23.7 Å². The third-order valence-corrected chi connectivity index (χ3v) is 5.30. The number of carbonyl (C=O) groups is 1. The number of ether oxygens (including phenoxy) is 1. The zero-order valence-corrected chi connectivity index (χ0v) is 18.1.